The van der Waals surface area contributed by atoms with Gasteiger partial charge >= 0.3 is 0 Å². The zero-order valence-electron chi connectivity index (χ0n) is 10.1. The van der Waals surface area contributed by atoms with Crippen molar-refractivity contribution in [3.63, 3.8) is 0 Å². The lowest BCUT2D eigenvalue weighted by molar-refractivity contribution is 0.101. The Morgan fingerprint density at radius 2 is 1.93 bits per heavy atom. The Balaban J connectivity index is 1.80. The Labute approximate surface area is 93.8 Å². The molecule has 0 aromatic carbocycles. The number of hydrogen-bond donors (Lipinski definition) is 1. The largest absolute Gasteiger partial charge is 0.385 e. The van der Waals surface area contributed by atoms with Crippen LogP contribution in [0.2, 0.25) is 0 Å². The highest BCUT2D eigenvalue weighted by molar-refractivity contribution is 4.89. The topological polar surface area (TPSA) is 21.3 Å². The van der Waals surface area contributed by atoms with Crippen LogP contribution < -0.4 is 5.32 Å². The first-order valence-electron chi connectivity index (χ1n) is 6.57. The molecule has 2 rings (SSSR count). The van der Waals surface area contributed by atoms with Crippen molar-refractivity contribution in [2.24, 2.45) is 5.41 Å². The van der Waals surface area contributed by atoms with Crippen LogP contribution in [0.1, 0.15) is 51.4 Å². The molecular weight excluding hydrogens is 186 g/mol. The minimum atomic E-state index is 0.566. The first-order chi connectivity index (χ1) is 7.35. The Morgan fingerprint density at radius 3 is 2.53 bits per heavy atom. The molecule has 2 heteroatoms. The number of methoxy groups -OCH3 is 1. The van der Waals surface area contributed by atoms with Gasteiger partial charge in [-0.15, -0.1) is 0 Å². The SMILES string of the molecule is COCCC1(CNC2CC2)CCCCC1. The Kier molecular flexibility index (Phi) is 4.04. The second kappa shape index (κ2) is 5.31. The molecule has 0 amide bonds. The molecule has 2 fully saturated rings. The summed E-state index contributed by atoms with van der Waals surface area (Å²) in [5.41, 5.74) is 0.566. The van der Waals surface area contributed by atoms with E-state index in [9.17, 15) is 0 Å². The van der Waals surface area contributed by atoms with E-state index >= 15 is 0 Å². The zero-order valence-corrected chi connectivity index (χ0v) is 10.1. The summed E-state index contributed by atoms with van der Waals surface area (Å²) in [5, 5.41) is 3.72. The summed E-state index contributed by atoms with van der Waals surface area (Å²) in [4.78, 5) is 0. The lowest BCUT2D eigenvalue weighted by Gasteiger charge is -2.37. The predicted molar refractivity (Wildman–Crippen MR) is 63.0 cm³/mol. The molecule has 0 spiro atoms. The highest BCUT2D eigenvalue weighted by Gasteiger charge is 2.33. The van der Waals surface area contributed by atoms with Crippen LogP contribution in [-0.2, 0) is 4.74 Å². The zero-order chi connectivity index (χ0) is 10.6. The molecule has 0 saturated heterocycles. The molecule has 0 heterocycles. The van der Waals surface area contributed by atoms with Gasteiger partial charge in [-0.2, -0.15) is 0 Å². The molecule has 2 saturated carbocycles. The summed E-state index contributed by atoms with van der Waals surface area (Å²) in [5.74, 6) is 0. The smallest absolute Gasteiger partial charge is 0.0468 e. The second-order valence-corrected chi connectivity index (χ2v) is 5.46. The van der Waals surface area contributed by atoms with Gasteiger partial charge in [0.25, 0.3) is 0 Å². The van der Waals surface area contributed by atoms with Crippen molar-refractivity contribution in [1.29, 1.82) is 0 Å². The van der Waals surface area contributed by atoms with Crippen LogP contribution in [-0.4, -0.2) is 26.3 Å². The third-order valence-corrected chi connectivity index (χ3v) is 4.09. The molecule has 2 nitrogen and oxygen atoms in total. The van der Waals surface area contributed by atoms with Gasteiger partial charge in [-0.25, -0.2) is 0 Å². The Morgan fingerprint density at radius 1 is 1.20 bits per heavy atom. The Bertz CT molecular complexity index is 183. The van der Waals surface area contributed by atoms with Crippen LogP contribution in [0.15, 0.2) is 0 Å². The third-order valence-electron chi connectivity index (χ3n) is 4.09. The summed E-state index contributed by atoms with van der Waals surface area (Å²) in [6.45, 7) is 2.17. The molecular formula is C13H25NO. The van der Waals surface area contributed by atoms with Gasteiger partial charge in [-0.3, -0.25) is 0 Å². The number of ether oxygens (including phenoxy) is 1. The summed E-state index contributed by atoms with van der Waals surface area (Å²) < 4.78 is 5.26. The van der Waals surface area contributed by atoms with Crippen molar-refractivity contribution >= 4 is 0 Å². The lowest BCUT2D eigenvalue weighted by atomic mass is 9.72. The molecule has 1 N–H and O–H groups in total. The van der Waals surface area contributed by atoms with Crippen LogP contribution in [0.4, 0.5) is 0 Å². The minimum Gasteiger partial charge on any atom is -0.385 e. The van der Waals surface area contributed by atoms with Gasteiger partial charge in [0.15, 0.2) is 0 Å². The van der Waals surface area contributed by atoms with Crippen LogP contribution in [0, 0.1) is 5.41 Å². The van der Waals surface area contributed by atoms with E-state index in [0.717, 1.165) is 12.6 Å². The summed E-state index contributed by atoms with van der Waals surface area (Å²) in [6.07, 6.45) is 11.2. The molecule has 0 radical (unpaired) electrons. The minimum absolute atomic E-state index is 0.566. The normalized spacial score (nSPS) is 25.4. The van der Waals surface area contributed by atoms with E-state index in [2.05, 4.69) is 5.32 Å². The number of hydrogen-bond acceptors (Lipinski definition) is 2. The highest BCUT2D eigenvalue weighted by Crippen LogP contribution is 2.39. The average Bonchev–Trinajstić information content (AvgIpc) is 3.09. The fraction of sp³-hybridized carbons (Fsp3) is 1.00. The van der Waals surface area contributed by atoms with Crippen LogP contribution in [0.5, 0.6) is 0 Å². The average molecular weight is 211 g/mol. The molecule has 15 heavy (non-hydrogen) atoms. The van der Waals surface area contributed by atoms with Gasteiger partial charge in [0.1, 0.15) is 0 Å². The molecule has 0 aromatic rings. The second-order valence-electron chi connectivity index (χ2n) is 5.46. The van der Waals surface area contributed by atoms with Crippen molar-refractivity contribution in [3.05, 3.63) is 0 Å². The maximum Gasteiger partial charge on any atom is 0.0468 e. The van der Waals surface area contributed by atoms with E-state index in [-0.39, 0.29) is 0 Å². The number of rotatable bonds is 6. The predicted octanol–water partition coefficient (Wildman–Crippen LogP) is 2.73. The van der Waals surface area contributed by atoms with Gasteiger partial charge in [0.05, 0.1) is 0 Å². The van der Waals surface area contributed by atoms with Crippen molar-refractivity contribution in [3.8, 4) is 0 Å². The molecule has 88 valence electrons. The fourth-order valence-corrected chi connectivity index (χ4v) is 2.78. The van der Waals surface area contributed by atoms with Gasteiger partial charge < -0.3 is 10.1 Å². The summed E-state index contributed by atoms with van der Waals surface area (Å²) in [6, 6.07) is 0.853. The molecule has 2 aliphatic carbocycles. The first-order valence-corrected chi connectivity index (χ1v) is 6.57. The van der Waals surface area contributed by atoms with Crippen molar-refractivity contribution in [1.82, 2.24) is 5.32 Å². The third kappa shape index (κ3) is 3.46. The van der Waals surface area contributed by atoms with Gasteiger partial charge in [0, 0.05) is 26.3 Å². The van der Waals surface area contributed by atoms with E-state index in [1.807, 2.05) is 7.11 Å². The molecule has 0 unspecified atom stereocenters. The summed E-state index contributed by atoms with van der Waals surface area (Å²) in [7, 11) is 1.82. The molecule has 2 aliphatic rings. The number of nitrogens with one attached hydrogen (secondary N) is 1. The van der Waals surface area contributed by atoms with Crippen molar-refractivity contribution < 1.29 is 4.74 Å². The van der Waals surface area contributed by atoms with Crippen molar-refractivity contribution in [2.75, 3.05) is 20.3 Å². The van der Waals surface area contributed by atoms with Crippen LogP contribution in [0.25, 0.3) is 0 Å². The maximum absolute atomic E-state index is 5.26. The van der Waals surface area contributed by atoms with E-state index in [1.54, 1.807) is 0 Å². The molecule has 0 atom stereocenters. The maximum atomic E-state index is 5.26. The summed E-state index contributed by atoms with van der Waals surface area (Å²) >= 11 is 0. The first kappa shape index (κ1) is 11.4. The van der Waals surface area contributed by atoms with Gasteiger partial charge in [-0.05, 0) is 37.5 Å². The van der Waals surface area contributed by atoms with Gasteiger partial charge in [0.2, 0.25) is 0 Å². The monoisotopic (exact) mass is 211 g/mol. The van der Waals surface area contributed by atoms with E-state index in [4.69, 9.17) is 4.74 Å². The molecule has 0 aromatic heterocycles. The molecule has 0 bridgehead atoms. The highest BCUT2D eigenvalue weighted by atomic mass is 16.5. The van der Waals surface area contributed by atoms with E-state index < -0.39 is 0 Å². The lowest BCUT2D eigenvalue weighted by Crippen LogP contribution is -2.38. The van der Waals surface area contributed by atoms with Gasteiger partial charge in [-0.1, -0.05) is 19.3 Å². The quantitative estimate of drug-likeness (QED) is 0.729. The van der Waals surface area contributed by atoms with Crippen LogP contribution in [0.3, 0.4) is 0 Å². The van der Waals surface area contributed by atoms with Crippen molar-refractivity contribution in [2.45, 2.75) is 57.4 Å². The standard InChI is InChI=1S/C13H25NO/c1-15-10-9-13(7-3-2-4-8-13)11-14-12-5-6-12/h12,14H,2-11H2,1H3. The van der Waals surface area contributed by atoms with Crippen LogP contribution >= 0.6 is 0 Å². The van der Waals surface area contributed by atoms with E-state index in [0.29, 0.717) is 5.41 Å². The molecule has 0 aliphatic heterocycles. The Hall–Kier alpha value is -0.0800. The van der Waals surface area contributed by atoms with E-state index in [1.165, 1.54) is 57.9 Å². The fourth-order valence-electron chi connectivity index (χ4n) is 2.78.